The lowest BCUT2D eigenvalue weighted by Crippen LogP contribution is -2.23. The van der Waals surface area contributed by atoms with Gasteiger partial charge in [0.15, 0.2) is 4.90 Å². The minimum Gasteiger partial charge on any atom is -0.488 e. The predicted molar refractivity (Wildman–Crippen MR) is 79.5 cm³/mol. The molecule has 1 aromatic carbocycles. The fourth-order valence-electron chi connectivity index (χ4n) is 1.81. The van der Waals surface area contributed by atoms with Gasteiger partial charge in [-0.05, 0) is 45.0 Å². The van der Waals surface area contributed by atoms with Crippen LogP contribution >= 0.6 is 11.8 Å². The summed E-state index contributed by atoms with van der Waals surface area (Å²) in [7, 11) is 0.484. The van der Waals surface area contributed by atoms with E-state index in [2.05, 4.69) is 56.8 Å². The van der Waals surface area contributed by atoms with Crippen molar-refractivity contribution in [1.82, 2.24) is 0 Å². The Morgan fingerprint density at radius 1 is 1.06 bits per heavy atom. The molecule has 0 amide bonds. The van der Waals surface area contributed by atoms with Gasteiger partial charge in [0.2, 0.25) is 0 Å². The first-order valence-corrected chi connectivity index (χ1v) is 8.81. The molecule has 0 radical (unpaired) electrons. The van der Waals surface area contributed by atoms with Crippen LogP contribution in [0.5, 0.6) is 5.75 Å². The highest BCUT2D eigenvalue weighted by atomic mass is 32.2. The minimum absolute atomic E-state index is 0.106. The Bertz CT molecular complexity index is 347. The number of rotatable bonds is 2. The molecule has 1 aromatic rings. The van der Waals surface area contributed by atoms with E-state index < -0.39 is 0 Å². The fourth-order valence-corrected chi connectivity index (χ4v) is 5.77. The zero-order valence-electron chi connectivity index (χ0n) is 10.9. The molecule has 94 valence electrons. The van der Waals surface area contributed by atoms with Crippen molar-refractivity contribution in [3.8, 4) is 5.75 Å². The summed E-state index contributed by atoms with van der Waals surface area (Å²) < 4.78 is 5.84. The van der Waals surface area contributed by atoms with Crippen LogP contribution in [-0.2, 0) is 10.9 Å². The van der Waals surface area contributed by atoms with Gasteiger partial charge in [-0.3, -0.25) is 0 Å². The second-order valence-electron chi connectivity index (χ2n) is 5.20. The molecule has 0 N–H and O–H groups in total. The van der Waals surface area contributed by atoms with Crippen LogP contribution in [-0.4, -0.2) is 28.6 Å². The van der Waals surface area contributed by atoms with Gasteiger partial charge in [-0.2, -0.15) is 11.8 Å². The third-order valence-corrected chi connectivity index (χ3v) is 6.36. The standard InChI is InChI=1S/C14H21OS2/c1-14(2,3)15-12-4-6-13(7-5-12)17-10-8-16-9-11-17/h4-7H,8-11H2,1-3H3/q+1. The van der Waals surface area contributed by atoms with Crippen molar-refractivity contribution in [3.63, 3.8) is 0 Å². The monoisotopic (exact) mass is 269 g/mol. The minimum atomic E-state index is -0.106. The fraction of sp³-hybridized carbons (Fsp3) is 0.571. The highest BCUT2D eigenvalue weighted by Gasteiger charge is 2.25. The smallest absolute Gasteiger partial charge is 0.155 e. The molecule has 3 heteroatoms. The van der Waals surface area contributed by atoms with Crippen LogP contribution < -0.4 is 4.74 Å². The number of benzene rings is 1. The first-order valence-electron chi connectivity index (χ1n) is 6.09. The Balaban J connectivity index is 2.02. The highest BCUT2D eigenvalue weighted by molar-refractivity contribution is 8.05. The first-order chi connectivity index (χ1) is 8.04. The Morgan fingerprint density at radius 3 is 2.18 bits per heavy atom. The van der Waals surface area contributed by atoms with E-state index >= 15 is 0 Å². The molecule has 1 heterocycles. The van der Waals surface area contributed by atoms with Gasteiger partial charge in [-0.1, -0.05) is 0 Å². The molecule has 1 aliphatic rings. The molecule has 0 aromatic heterocycles. The summed E-state index contributed by atoms with van der Waals surface area (Å²) in [5, 5.41) is 0. The molecule has 1 fully saturated rings. The predicted octanol–water partition coefficient (Wildman–Crippen LogP) is 3.59. The van der Waals surface area contributed by atoms with Gasteiger partial charge in [0.25, 0.3) is 0 Å². The molecule has 1 aliphatic heterocycles. The Labute approximate surface area is 112 Å². The van der Waals surface area contributed by atoms with E-state index in [1.807, 2.05) is 0 Å². The van der Waals surface area contributed by atoms with E-state index in [1.54, 1.807) is 0 Å². The van der Waals surface area contributed by atoms with Crippen LogP contribution in [0.1, 0.15) is 20.8 Å². The zero-order valence-corrected chi connectivity index (χ0v) is 12.5. The average molecular weight is 269 g/mol. The first kappa shape index (κ1) is 13.2. The summed E-state index contributed by atoms with van der Waals surface area (Å²) in [6.45, 7) is 6.25. The maximum absolute atomic E-state index is 5.84. The van der Waals surface area contributed by atoms with Crippen LogP contribution in [0.2, 0.25) is 0 Å². The van der Waals surface area contributed by atoms with Gasteiger partial charge < -0.3 is 4.74 Å². The van der Waals surface area contributed by atoms with Gasteiger partial charge in [-0.25, -0.2) is 0 Å². The summed E-state index contributed by atoms with van der Waals surface area (Å²) in [4.78, 5) is 1.51. The van der Waals surface area contributed by atoms with E-state index in [-0.39, 0.29) is 5.60 Å². The maximum Gasteiger partial charge on any atom is 0.155 e. The quantitative estimate of drug-likeness (QED) is 0.759. The SMILES string of the molecule is CC(C)(C)Oc1ccc([S+]2CCSCC2)cc1. The molecule has 0 atom stereocenters. The summed E-state index contributed by atoms with van der Waals surface area (Å²) >= 11 is 2.09. The Hall–Kier alpha value is -0.280. The Kier molecular flexibility index (Phi) is 4.31. The molecular weight excluding hydrogens is 248 g/mol. The van der Waals surface area contributed by atoms with Crippen molar-refractivity contribution in [2.75, 3.05) is 23.0 Å². The molecule has 0 saturated carbocycles. The second-order valence-corrected chi connectivity index (χ2v) is 8.70. The van der Waals surface area contributed by atoms with Crippen molar-refractivity contribution in [2.24, 2.45) is 0 Å². The van der Waals surface area contributed by atoms with E-state index in [9.17, 15) is 0 Å². The molecule has 2 rings (SSSR count). The molecule has 0 unspecified atom stereocenters. The molecule has 0 spiro atoms. The number of hydrogen-bond donors (Lipinski definition) is 0. The van der Waals surface area contributed by atoms with Crippen molar-refractivity contribution in [1.29, 1.82) is 0 Å². The van der Waals surface area contributed by atoms with Gasteiger partial charge in [0, 0.05) is 22.4 Å². The Morgan fingerprint density at radius 2 is 1.65 bits per heavy atom. The summed E-state index contributed by atoms with van der Waals surface area (Å²) in [6, 6.07) is 8.74. The number of ether oxygens (including phenoxy) is 1. The number of hydrogen-bond acceptors (Lipinski definition) is 2. The van der Waals surface area contributed by atoms with Gasteiger partial charge in [0.1, 0.15) is 22.9 Å². The van der Waals surface area contributed by atoms with E-state index in [0.717, 1.165) is 5.75 Å². The number of thioether (sulfide) groups is 1. The lowest BCUT2D eigenvalue weighted by molar-refractivity contribution is 0.131. The largest absolute Gasteiger partial charge is 0.488 e. The van der Waals surface area contributed by atoms with Gasteiger partial charge in [-0.15, -0.1) is 0 Å². The van der Waals surface area contributed by atoms with Crippen LogP contribution in [0.25, 0.3) is 0 Å². The van der Waals surface area contributed by atoms with Crippen LogP contribution in [0.15, 0.2) is 29.2 Å². The normalized spacial score (nSPS) is 18.1. The molecule has 1 saturated heterocycles. The summed E-state index contributed by atoms with van der Waals surface area (Å²) in [5.74, 6) is 6.33. The maximum atomic E-state index is 5.84. The van der Waals surface area contributed by atoms with Crippen molar-refractivity contribution in [2.45, 2.75) is 31.3 Å². The van der Waals surface area contributed by atoms with Crippen LogP contribution in [0.3, 0.4) is 0 Å². The molecular formula is C14H21OS2+. The molecule has 0 aliphatic carbocycles. The van der Waals surface area contributed by atoms with E-state index in [0.29, 0.717) is 10.9 Å². The zero-order chi connectivity index (χ0) is 12.3. The topological polar surface area (TPSA) is 9.23 Å². The highest BCUT2D eigenvalue weighted by Crippen LogP contribution is 2.25. The summed E-state index contributed by atoms with van der Waals surface area (Å²) in [5.41, 5.74) is -0.106. The third kappa shape index (κ3) is 4.14. The van der Waals surface area contributed by atoms with E-state index in [1.165, 1.54) is 27.9 Å². The van der Waals surface area contributed by atoms with Crippen LogP contribution in [0.4, 0.5) is 0 Å². The van der Waals surface area contributed by atoms with Crippen molar-refractivity contribution < 1.29 is 4.74 Å². The lowest BCUT2D eigenvalue weighted by atomic mass is 10.2. The van der Waals surface area contributed by atoms with Gasteiger partial charge >= 0.3 is 0 Å². The average Bonchev–Trinajstić information content (AvgIpc) is 2.29. The summed E-state index contributed by atoms with van der Waals surface area (Å²) in [6.07, 6.45) is 0. The lowest BCUT2D eigenvalue weighted by Gasteiger charge is -2.21. The third-order valence-electron chi connectivity index (χ3n) is 2.53. The molecule has 1 nitrogen and oxygen atoms in total. The van der Waals surface area contributed by atoms with Gasteiger partial charge in [0.05, 0.1) is 0 Å². The second kappa shape index (κ2) is 5.57. The van der Waals surface area contributed by atoms with Crippen LogP contribution in [0, 0.1) is 0 Å². The van der Waals surface area contributed by atoms with Crippen molar-refractivity contribution >= 4 is 22.7 Å². The molecule has 17 heavy (non-hydrogen) atoms. The van der Waals surface area contributed by atoms with E-state index in [4.69, 9.17) is 4.74 Å². The molecule has 0 bridgehead atoms. The van der Waals surface area contributed by atoms with Crippen molar-refractivity contribution in [3.05, 3.63) is 24.3 Å².